The Morgan fingerprint density at radius 3 is 2.26 bits per heavy atom. The van der Waals surface area contributed by atoms with Gasteiger partial charge in [-0.05, 0) is 12.8 Å². The molecular formula is C19H37NO3. The smallest absolute Gasteiger partial charge is 0.311 e. The van der Waals surface area contributed by atoms with E-state index in [4.69, 9.17) is 4.74 Å². The van der Waals surface area contributed by atoms with E-state index in [0.717, 1.165) is 32.2 Å². The van der Waals surface area contributed by atoms with Crippen molar-refractivity contribution in [2.45, 2.75) is 85.5 Å². The highest BCUT2D eigenvalue weighted by molar-refractivity contribution is 5.86. The Hall–Kier alpha value is -1.06. The standard InChI is InChI=1S/C17H31NO3.C2H6/c1-3-5-7-9-11-18-14-15(13-16(18)19)17(20)21-12-10-8-6-4-2;1-2/h15H,3-14H2,1-2H3;1-2H3. The summed E-state index contributed by atoms with van der Waals surface area (Å²) >= 11 is 0. The zero-order valence-corrected chi connectivity index (χ0v) is 15.7. The molecular weight excluding hydrogens is 290 g/mol. The first-order valence-corrected chi connectivity index (χ1v) is 9.63. The molecule has 0 aromatic carbocycles. The number of esters is 1. The van der Waals surface area contributed by atoms with Gasteiger partial charge in [0, 0.05) is 19.5 Å². The maximum absolute atomic E-state index is 11.9. The van der Waals surface area contributed by atoms with E-state index in [2.05, 4.69) is 13.8 Å². The second-order valence-electron chi connectivity index (χ2n) is 6.03. The summed E-state index contributed by atoms with van der Waals surface area (Å²) in [6.45, 7) is 10.2. The summed E-state index contributed by atoms with van der Waals surface area (Å²) in [4.78, 5) is 25.7. The van der Waals surface area contributed by atoms with Gasteiger partial charge >= 0.3 is 5.97 Å². The molecule has 1 amide bonds. The fourth-order valence-electron chi connectivity index (χ4n) is 2.70. The summed E-state index contributed by atoms with van der Waals surface area (Å²) in [5.41, 5.74) is 0. The zero-order chi connectivity index (χ0) is 17.5. The topological polar surface area (TPSA) is 46.6 Å². The van der Waals surface area contributed by atoms with Gasteiger partial charge in [-0.25, -0.2) is 0 Å². The fourth-order valence-corrected chi connectivity index (χ4v) is 2.70. The van der Waals surface area contributed by atoms with Crippen molar-refractivity contribution < 1.29 is 14.3 Å². The maximum Gasteiger partial charge on any atom is 0.311 e. The normalized spacial score (nSPS) is 17.0. The van der Waals surface area contributed by atoms with Gasteiger partial charge in [-0.3, -0.25) is 9.59 Å². The third kappa shape index (κ3) is 9.62. The second kappa shape index (κ2) is 14.5. The van der Waals surface area contributed by atoms with Gasteiger partial charge in [-0.15, -0.1) is 0 Å². The van der Waals surface area contributed by atoms with E-state index in [-0.39, 0.29) is 17.8 Å². The summed E-state index contributed by atoms with van der Waals surface area (Å²) in [5.74, 6) is -0.315. The molecule has 0 N–H and O–H groups in total. The summed E-state index contributed by atoms with van der Waals surface area (Å²) in [5, 5.41) is 0. The molecule has 0 aromatic heterocycles. The van der Waals surface area contributed by atoms with E-state index >= 15 is 0 Å². The van der Waals surface area contributed by atoms with Crippen molar-refractivity contribution >= 4 is 11.9 Å². The monoisotopic (exact) mass is 327 g/mol. The Morgan fingerprint density at radius 2 is 1.65 bits per heavy atom. The van der Waals surface area contributed by atoms with Gasteiger partial charge in [0.05, 0.1) is 12.5 Å². The molecule has 1 rings (SSSR count). The predicted octanol–water partition coefficient (Wildman–Crippen LogP) is 4.56. The number of carbonyl (C=O) groups is 2. The first-order valence-electron chi connectivity index (χ1n) is 9.63. The molecule has 0 aliphatic carbocycles. The lowest BCUT2D eigenvalue weighted by molar-refractivity contribution is -0.148. The van der Waals surface area contributed by atoms with Gasteiger partial charge in [0.2, 0.25) is 5.91 Å². The number of rotatable bonds is 11. The van der Waals surface area contributed by atoms with Gasteiger partial charge in [0.1, 0.15) is 0 Å². The average Bonchev–Trinajstić information content (AvgIpc) is 2.94. The molecule has 0 radical (unpaired) electrons. The second-order valence-corrected chi connectivity index (χ2v) is 6.03. The number of hydrogen-bond acceptors (Lipinski definition) is 3. The zero-order valence-electron chi connectivity index (χ0n) is 15.7. The van der Waals surface area contributed by atoms with Gasteiger partial charge in [0.15, 0.2) is 0 Å². The molecule has 1 unspecified atom stereocenters. The van der Waals surface area contributed by atoms with Crippen molar-refractivity contribution in [2.24, 2.45) is 5.92 Å². The van der Waals surface area contributed by atoms with E-state index < -0.39 is 0 Å². The number of unbranched alkanes of at least 4 members (excludes halogenated alkanes) is 6. The predicted molar refractivity (Wildman–Crippen MR) is 95.3 cm³/mol. The van der Waals surface area contributed by atoms with E-state index in [9.17, 15) is 9.59 Å². The average molecular weight is 328 g/mol. The molecule has 1 aliphatic heterocycles. The Bertz CT molecular complexity index is 318. The summed E-state index contributed by atoms with van der Waals surface area (Å²) < 4.78 is 5.29. The van der Waals surface area contributed by atoms with Crippen molar-refractivity contribution in [3.05, 3.63) is 0 Å². The Kier molecular flexibility index (Phi) is 13.9. The van der Waals surface area contributed by atoms with Crippen molar-refractivity contribution in [1.82, 2.24) is 4.90 Å². The van der Waals surface area contributed by atoms with Gasteiger partial charge in [-0.2, -0.15) is 0 Å². The van der Waals surface area contributed by atoms with Gasteiger partial charge in [-0.1, -0.05) is 66.2 Å². The number of carbonyl (C=O) groups excluding carboxylic acids is 2. The molecule has 23 heavy (non-hydrogen) atoms. The van der Waals surface area contributed by atoms with Crippen LogP contribution in [0.2, 0.25) is 0 Å². The molecule has 1 atom stereocenters. The summed E-state index contributed by atoms with van der Waals surface area (Å²) in [7, 11) is 0. The Balaban J connectivity index is 0.00000232. The van der Waals surface area contributed by atoms with Gasteiger partial charge in [0.25, 0.3) is 0 Å². The number of nitrogens with zero attached hydrogens (tertiary/aromatic N) is 1. The van der Waals surface area contributed by atoms with Crippen LogP contribution in [0.3, 0.4) is 0 Å². The minimum Gasteiger partial charge on any atom is -0.465 e. The molecule has 1 fully saturated rings. The lowest BCUT2D eigenvalue weighted by Gasteiger charge is -2.16. The van der Waals surface area contributed by atoms with Crippen LogP contribution in [0.1, 0.15) is 85.5 Å². The van der Waals surface area contributed by atoms with E-state index in [1.54, 1.807) is 0 Å². The third-order valence-corrected chi connectivity index (χ3v) is 4.07. The van der Waals surface area contributed by atoms with Crippen LogP contribution in [-0.4, -0.2) is 36.5 Å². The van der Waals surface area contributed by atoms with E-state index in [1.165, 1.54) is 25.7 Å². The first-order chi connectivity index (χ1) is 11.2. The van der Waals surface area contributed by atoms with Crippen LogP contribution in [-0.2, 0) is 14.3 Å². The molecule has 0 saturated carbocycles. The fraction of sp³-hybridized carbons (Fsp3) is 0.895. The van der Waals surface area contributed by atoms with Crippen molar-refractivity contribution in [2.75, 3.05) is 19.7 Å². The molecule has 1 saturated heterocycles. The van der Waals surface area contributed by atoms with Crippen molar-refractivity contribution in [3.63, 3.8) is 0 Å². The van der Waals surface area contributed by atoms with Crippen molar-refractivity contribution in [1.29, 1.82) is 0 Å². The molecule has 1 aliphatic rings. The highest BCUT2D eigenvalue weighted by atomic mass is 16.5. The van der Waals surface area contributed by atoms with Crippen LogP contribution in [0.4, 0.5) is 0 Å². The number of amides is 1. The highest BCUT2D eigenvalue weighted by Gasteiger charge is 2.34. The molecule has 1 heterocycles. The first kappa shape index (κ1) is 21.9. The molecule has 4 heteroatoms. The Morgan fingerprint density at radius 1 is 1.04 bits per heavy atom. The lowest BCUT2D eigenvalue weighted by Crippen LogP contribution is -2.27. The SMILES string of the molecule is CC.CCCCCCOC(=O)C1CC(=O)N(CCCCCC)C1. The maximum atomic E-state index is 11.9. The van der Waals surface area contributed by atoms with Crippen LogP contribution >= 0.6 is 0 Å². The van der Waals surface area contributed by atoms with Crippen LogP contribution in [0.25, 0.3) is 0 Å². The minimum absolute atomic E-state index is 0.111. The summed E-state index contributed by atoms with van der Waals surface area (Å²) in [6, 6.07) is 0. The quantitative estimate of drug-likeness (QED) is 0.413. The molecule has 4 nitrogen and oxygen atoms in total. The number of likely N-dealkylation sites (tertiary alicyclic amines) is 1. The number of ether oxygens (including phenoxy) is 1. The lowest BCUT2D eigenvalue weighted by atomic mass is 10.1. The largest absolute Gasteiger partial charge is 0.465 e. The minimum atomic E-state index is -0.241. The van der Waals surface area contributed by atoms with Crippen LogP contribution in [0, 0.1) is 5.92 Å². The van der Waals surface area contributed by atoms with Crippen molar-refractivity contribution in [3.8, 4) is 0 Å². The highest BCUT2D eigenvalue weighted by Crippen LogP contribution is 2.20. The molecule has 136 valence electrons. The third-order valence-electron chi connectivity index (χ3n) is 4.07. The summed E-state index contributed by atoms with van der Waals surface area (Å²) in [6.07, 6.45) is 9.35. The van der Waals surface area contributed by atoms with Crippen LogP contribution in [0.5, 0.6) is 0 Å². The molecule has 0 spiro atoms. The van der Waals surface area contributed by atoms with Gasteiger partial charge < -0.3 is 9.64 Å². The molecule has 0 aromatic rings. The van der Waals surface area contributed by atoms with E-state index in [1.807, 2.05) is 18.7 Å². The van der Waals surface area contributed by atoms with E-state index in [0.29, 0.717) is 19.6 Å². The number of hydrogen-bond donors (Lipinski definition) is 0. The van der Waals surface area contributed by atoms with Crippen LogP contribution < -0.4 is 0 Å². The Labute approximate surface area is 143 Å². The van der Waals surface area contributed by atoms with Crippen LogP contribution in [0.15, 0.2) is 0 Å². The molecule has 0 bridgehead atoms.